The summed E-state index contributed by atoms with van der Waals surface area (Å²) in [6, 6.07) is 0. The summed E-state index contributed by atoms with van der Waals surface area (Å²) in [5.41, 5.74) is -0.0792. The molecule has 2 rings (SSSR count). The number of ether oxygens (including phenoxy) is 1. The van der Waals surface area contributed by atoms with Crippen LogP contribution in [0.3, 0.4) is 0 Å². The monoisotopic (exact) mass is 316 g/mol. The minimum absolute atomic E-state index is 0.0792. The lowest BCUT2D eigenvalue weighted by Gasteiger charge is -2.40. The number of carbonyl (C=O) groups excluding carboxylic acids is 1. The van der Waals surface area contributed by atoms with Crippen molar-refractivity contribution >= 4 is 16.7 Å². The van der Waals surface area contributed by atoms with Gasteiger partial charge in [-0.05, 0) is 33.1 Å². The van der Waals surface area contributed by atoms with E-state index in [0.717, 1.165) is 50.5 Å². The molecule has 0 spiro atoms. The molecule has 0 radical (unpaired) electrons. The number of nitrogens with zero attached hydrogens (tertiary/aromatic N) is 1. The second-order valence-electron chi connectivity index (χ2n) is 6.60. The molecule has 21 heavy (non-hydrogen) atoms. The Hall–Kier alpha value is -0.460. The summed E-state index contributed by atoms with van der Waals surface area (Å²) in [4.78, 5) is 14.3. The molecule has 0 bridgehead atoms. The second kappa shape index (κ2) is 7.70. The molecule has 6 heteroatoms. The Morgan fingerprint density at radius 2 is 2.10 bits per heavy atom. The van der Waals surface area contributed by atoms with Gasteiger partial charge in [0, 0.05) is 60.5 Å². The first kappa shape index (κ1) is 16.9. The molecule has 0 aliphatic carbocycles. The molecule has 0 aromatic carbocycles. The molecular formula is C15H28N2O3S. The first-order valence-electron chi connectivity index (χ1n) is 7.96. The van der Waals surface area contributed by atoms with Crippen molar-refractivity contribution in [1.82, 2.24) is 10.2 Å². The molecule has 0 unspecified atom stereocenters. The number of hydrogen-bond acceptors (Lipinski definition) is 4. The van der Waals surface area contributed by atoms with E-state index in [4.69, 9.17) is 4.74 Å². The maximum absolute atomic E-state index is 11.9. The Kier molecular flexibility index (Phi) is 6.20. The van der Waals surface area contributed by atoms with Crippen molar-refractivity contribution < 1.29 is 13.7 Å². The number of carbonyl (C=O) groups is 1. The summed E-state index contributed by atoms with van der Waals surface area (Å²) in [6.07, 6.45) is 3.86. The van der Waals surface area contributed by atoms with Crippen LogP contribution in [-0.4, -0.2) is 64.4 Å². The van der Waals surface area contributed by atoms with E-state index < -0.39 is 10.8 Å². The fraction of sp³-hybridized carbons (Fsp3) is 0.933. The van der Waals surface area contributed by atoms with Crippen LogP contribution in [0.1, 0.15) is 39.5 Å². The van der Waals surface area contributed by atoms with E-state index in [-0.39, 0.29) is 17.6 Å². The highest BCUT2D eigenvalue weighted by atomic mass is 32.2. The van der Waals surface area contributed by atoms with E-state index in [2.05, 4.69) is 24.1 Å². The topological polar surface area (TPSA) is 58.6 Å². The van der Waals surface area contributed by atoms with Crippen molar-refractivity contribution in [2.75, 3.05) is 37.7 Å². The van der Waals surface area contributed by atoms with Crippen LogP contribution < -0.4 is 5.32 Å². The lowest BCUT2D eigenvalue weighted by atomic mass is 10.0. The van der Waals surface area contributed by atoms with Gasteiger partial charge in [0.15, 0.2) is 0 Å². The number of amides is 1. The SMILES string of the molecule is CC(C)(CNC(=O)CC[C@H]1CCCO1)N1CCS(=O)CC1. The molecule has 2 heterocycles. The second-order valence-corrected chi connectivity index (χ2v) is 8.29. The zero-order valence-electron chi connectivity index (χ0n) is 13.2. The fourth-order valence-electron chi connectivity index (χ4n) is 2.92. The molecule has 2 saturated heterocycles. The molecule has 2 aliphatic heterocycles. The van der Waals surface area contributed by atoms with Crippen LogP contribution in [0.2, 0.25) is 0 Å². The quantitative estimate of drug-likeness (QED) is 0.791. The predicted molar refractivity (Wildman–Crippen MR) is 84.7 cm³/mol. The van der Waals surface area contributed by atoms with E-state index in [1.54, 1.807) is 0 Å². The molecule has 0 aromatic heterocycles. The lowest BCUT2D eigenvalue weighted by Crippen LogP contribution is -2.55. The van der Waals surface area contributed by atoms with Crippen molar-refractivity contribution in [1.29, 1.82) is 0 Å². The van der Waals surface area contributed by atoms with Crippen LogP contribution >= 0.6 is 0 Å². The summed E-state index contributed by atoms with van der Waals surface area (Å²) in [6.45, 7) is 7.47. The van der Waals surface area contributed by atoms with Gasteiger partial charge in [-0.3, -0.25) is 13.9 Å². The van der Waals surface area contributed by atoms with Gasteiger partial charge in [-0.2, -0.15) is 0 Å². The van der Waals surface area contributed by atoms with E-state index in [9.17, 15) is 9.00 Å². The summed E-state index contributed by atoms with van der Waals surface area (Å²) in [7, 11) is -0.656. The minimum Gasteiger partial charge on any atom is -0.378 e. The van der Waals surface area contributed by atoms with Gasteiger partial charge in [0.1, 0.15) is 0 Å². The molecule has 2 fully saturated rings. The van der Waals surface area contributed by atoms with Crippen molar-refractivity contribution in [3.63, 3.8) is 0 Å². The lowest BCUT2D eigenvalue weighted by molar-refractivity contribution is -0.122. The third kappa shape index (κ3) is 5.34. The van der Waals surface area contributed by atoms with Crippen molar-refractivity contribution in [3.05, 3.63) is 0 Å². The number of hydrogen-bond donors (Lipinski definition) is 1. The Morgan fingerprint density at radius 1 is 1.38 bits per heavy atom. The summed E-state index contributed by atoms with van der Waals surface area (Å²) < 4.78 is 17.0. The molecule has 1 N–H and O–H groups in total. The van der Waals surface area contributed by atoms with Gasteiger partial charge < -0.3 is 10.1 Å². The number of rotatable bonds is 6. The third-order valence-electron chi connectivity index (χ3n) is 4.47. The molecule has 0 saturated carbocycles. The van der Waals surface area contributed by atoms with Gasteiger partial charge in [-0.1, -0.05) is 0 Å². The van der Waals surface area contributed by atoms with E-state index in [1.165, 1.54) is 0 Å². The summed E-state index contributed by atoms with van der Waals surface area (Å²) in [5.74, 6) is 1.60. The minimum atomic E-state index is -0.656. The van der Waals surface area contributed by atoms with Crippen molar-refractivity contribution in [2.24, 2.45) is 0 Å². The Balaban J connectivity index is 1.67. The highest BCUT2D eigenvalue weighted by molar-refractivity contribution is 7.85. The highest BCUT2D eigenvalue weighted by Crippen LogP contribution is 2.18. The average molecular weight is 316 g/mol. The van der Waals surface area contributed by atoms with E-state index >= 15 is 0 Å². The number of nitrogens with one attached hydrogen (secondary N) is 1. The van der Waals surface area contributed by atoms with Crippen molar-refractivity contribution in [2.45, 2.75) is 51.2 Å². The third-order valence-corrected chi connectivity index (χ3v) is 5.75. The molecule has 5 nitrogen and oxygen atoms in total. The summed E-state index contributed by atoms with van der Waals surface area (Å²) in [5, 5.41) is 3.04. The first-order valence-corrected chi connectivity index (χ1v) is 9.44. The van der Waals surface area contributed by atoms with Gasteiger partial charge in [0.2, 0.25) is 5.91 Å². The molecule has 1 atom stereocenters. The van der Waals surface area contributed by atoms with Crippen LogP contribution in [-0.2, 0) is 20.3 Å². The normalized spacial score (nSPS) is 25.1. The molecule has 122 valence electrons. The van der Waals surface area contributed by atoms with Gasteiger partial charge in [0.25, 0.3) is 0 Å². The maximum Gasteiger partial charge on any atom is 0.220 e. The Morgan fingerprint density at radius 3 is 2.71 bits per heavy atom. The zero-order valence-corrected chi connectivity index (χ0v) is 14.0. The molecule has 0 aromatic rings. The van der Waals surface area contributed by atoms with Gasteiger partial charge in [0.05, 0.1) is 6.10 Å². The highest BCUT2D eigenvalue weighted by Gasteiger charge is 2.30. The fourth-order valence-corrected chi connectivity index (χ4v) is 3.97. The predicted octanol–water partition coefficient (Wildman–Crippen LogP) is 0.905. The summed E-state index contributed by atoms with van der Waals surface area (Å²) >= 11 is 0. The van der Waals surface area contributed by atoms with Crippen LogP contribution in [0.25, 0.3) is 0 Å². The smallest absolute Gasteiger partial charge is 0.220 e. The molecule has 2 aliphatic rings. The standard InChI is InChI=1S/C15H28N2O3S/c1-15(2,17-7-10-21(19)11-8-17)12-16-14(18)6-5-13-4-3-9-20-13/h13H,3-12H2,1-2H3,(H,16,18)/t13-/m1/s1. The van der Waals surface area contributed by atoms with Crippen LogP contribution in [0.5, 0.6) is 0 Å². The van der Waals surface area contributed by atoms with E-state index in [1.807, 2.05) is 0 Å². The largest absolute Gasteiger partial charge is 0.378 e. The zero-order chi connectivity index (χ0) is 15.3. The van der Waals surface area contributed by atoms with Gasteiger partial charge in [-0.15, -0.1) is 0 Å². The van der Waals surface area contributed by atoms with Crippen molar-refractivity contribution in [3.8, 4) is 0 Å². The average Bonchev–Trinajstić information content (AvgIpc) is 2.97. The first-order chi connectivity index (χ1) is 9.97. The molecular weight excluding hydrogens is 288 g/mol. The van der Waals surface area contributed by atoms with E-state index in [0.29, 0.717) is 13.0 Å². The van der Waals surface area contributed by atoms with Gasteiger partial charge >= 0.3 is 0 Å². The Bertz CT molecular complexity index is 371. The Labute approximate surface area is 130 Å². The van der Waals surface area contributed by atoms with Crippen LogP contribution in [0.4, 0.5) is 0 Å². The molecule has 1 amide bonds. The van der Waals surface area contributed by atoms with Crippen LogP contribution in [0, 0.1) is 0 Å². The van der Waals surface area contributed by atoms with Gasteiger partial charge in [-0.25, -0.2) is 0 Å². The maximum atomic E-state index is 11.9. The van der Waals surface area contributed by atoms with Crippen LogP contribution in [0.15, 0.2) is 0 Å².